The lowest BCUT2D eigenvalue weighted by molar-refractivity contribution is -0.142. The summed E-state index contributed by atoms with van der Waals surface area (Å²) >= 11 is 0. The van der Waals surface area contributed by atoms with E-state index in [1.54, 1.807) is 12.0 Å². The average molecular weight is 306 g/mol. The Morgan fingerprint density at radius 1 is 1.36 bits per heavy atom. The molecule has 22 heavy (non-hydrogen) atoms. The van der Waals surface area contributed by atoms with Crippen LogP contribution in [0.2, 0.25) is 0 Å². The maximum Gasteiger partial charge on any atom is 0.320 e. The van der Waals surface area contributed by atoms with E-state index in [0.717, 1.165) is 17.5 Å². The van der Waals surface area contributed by atoms with Crippen LogP contribution in [0, 0.1) is 0 Å². The first kappa shape index (κ1) is 16.5. The summed E-state index contributed by atoms with van der Waals surface area (Å²) in [6.45, 7) is 1.71. The van der Waals surface area contributed by atoms with Gasteiger partial charge in [0.25, 0.3) is 0 Å². The van der Waals surface area contributed by atoms with Crippen molar-refractivity contribution in [1.82, 2.24) is 10.2 Å². The van der Waals surface area contributed by atoms with Crippen LogP contribution in [0.1, 0.15) is 24.0 Å². The van der Waals surface area contributed by atoms with Crippen molar-refractivity contribution < 1.29 is 19.4 Å². The van der Waals surface area contributed by atoms with E-state index in [1.807, 2.05) is 24.3 Å². The van der Waals surface area contributed by atoms with Crippen LogP contribution in [0.15, 0.2) is 24.3 Å². The van der Waals surface area contributed by atoms with Crippen LogP contribution in [0.5, 0.6) is 0 Å². The summed E-state index contributed by atoms with van der Waals surface area (Å²) in [5.41, 5.74) is 2.05. The van der Waals surface area contributed by atoms with Crippen LogP contribution in [0.25, 0.3) is 0 Å². The van der Waals surface area contributed by atoms with Gasteiger partial charge >= 0.3 is 5.97 Å². The van der Waals surface area contributed by atoms with E-state index < -0.39 is 12.0 Å². The molecule has 0 spiro atoms. The third-order valence-corrected chi connectivity index (χ3v) is 3.89. The number of aliphatic carboxylic acids is 1. The first-order valence-corrected chi connectivity index (χ1v) is 7.41. The molecule has 2 N–H and O–H groups in total. The second-order valence-electron chi connectivity index (χ2n) is 5.45. The molecule has 6 heteroatoms. The Kier molecular flexibility index (Phi) is 5.91. The molecule has 1 aromatic rings. The summed E-state index contributed by atoms with van der Waals surface area (Å²) in [6, 6.07) is 7.23. The number of rotatable bonds is 7. The van der Waals surface area contributed by atoms with Crippen molar-refractivity contribution in [3.63, 3.8) is 0 Å². The molecule has 0 radical (unpaired) electrons. The summed E-state index contributed by atoms with van der Waals surface area (Å²) in [4.78, 5) is 24.9. The van der Waals surface area contributed by atoms with E-state index in [9.17, 15) is 9.59 Å². The van der Waals surface area contributed by atoms with Crippen molar-refractivity contribution in [1.29, 1.82) is 0 Å². The Labute approximate surface area is 130 Å². The highest BCUT2D eigenvalue weighted by molar-refractivity contribution is 5.80. The number of methoxy groups -OCH3 is 1. The van der Waals surface area contributed by atoms with Crippen LogP contribution in [0.3, 0.4) is 0 Å². The van der Waals surface area contributed by atoms with E-state index in [-0.39, 0.29) is 12.5 Å². The third kappa shape index (κ3) is 4.29. The van der Waals surface area contributed by atoms with Gasteiger partial charge in [-0.2, -0.15) is 0 Å². The summed E-state index contributed by atoms with van der Waals surface area (Å²) in [5.74, 6) is -1.00. The van der Waals surface area contributed by atoms with Gasteiger partial charge in [-0.15, -0.1) is 0 Å². The monoisotopic (exact) mass is 306 g/mol. The van der Waals surface area contributed by atoms with Crippen LogP contribution in [-0.2, 0) is 27.5 Å². The van der Waals surface area contributed by atoms with Crippen molar-refractivity contribution in [3.8, 4) is 0 Å². The molecule has 120 valence electrons. The van der Waals surface area contributed by atoms with Crippen LogP contribution >= 0.6 is 0 Å². The van der Waals surface area contributed by atoms with Gasteiger partial charge in [0.2, 0.25) is 5.91 Å². The number of hydrogen-bond donors (Lipinski definition) is 2. The van der Waals surface area contributed by atoms with Gasteiger partial charge in [-0.1, -0.05) is 24.3 Å². The van der Waals surface area contributed by atoms with Gasteiger partial charge in [-0.25, -0.2) is 0 Å². The number of carboxylic acid groups (broad SMARTS) is 1. The average Bonchev–Trinajstić information content (AvgIpc) is 2.95. The molecule has 6 nitrogen and oxygen atoms in total. The predicted octanol–water partition coefficient (Wildman–Crippen LogP) is 0.998. The number of likely N-dealkylation sites (tertiary alicyclic amines) is 1. The molecule has 1 saturated heterocycles. The summed E-state index contributed by atoms with van der Waals surface area (Å²) in [6.07, 6.45) is 1.43. The Morgan fingerprint density at radius 3 is 2.77 bits per heavy atom. The summed E-state index contributed by atoms with van der Waals surface area (Å²) < 4.78 is 5.14. The second kappa shape index (κ2) is 7.91. The molecule has 1 heterocycles. The Hall–Kier alpha value is -1.92. The standard InChI is InChI=1S/C16H22N2O4/c1-22-11-13-6-3-2-5-12(13)9-17-15(19)10-18-8-4-7-14(18)16(20)21/h2-3,5-6,14H,4,7-11H2,1H3,(H,17,19)(H,20,21). The van der Waals surface area contributed by atoms with Crippen molar-refractivity contribution >= 4 is 11.9 Å². The lowest BCUT2D eigenvalue weighted by Crippen LogP contribution is -2.42. The summed E-state index contributed by atoms with van der Waals surface area (Å²) in [5, 5.41) is 12.0. The van der Waals surface area contributed by atoms with E-state index >= 15 is 0 Å². The number of ether oxygens (including phenoxy) is 1. The zero-order valence-electron chi connectivity index (χ0n) is 12.7. The lowest BCUT2D eigenvalue weighted by Gasteiger charge is -2.20. The first-order valence-electron chi connectivity index (χ1n) is 7.41. The predicted molar refractivity (Wildman–Crippen MR) is 81.2 cm³/mol. The molecular formula is C16H22N2O4. The fourth-order valence-electron chi connectivity index (χ4n) is 2.76. The highest BCUT2D eigenvalue weighted by Gasteiger charge is 2.31. The van der Waals surface area contributed by atoms with Crippen molar-refractivity contribution in [2.24, 2.45) is 0 Å². The highest BCUT2D eigenvalue weighted by Crippen LogP contribution is 2.16. The number of carbonyl (C=O) groups excluding carboxylic acids is 1. The van der Waals surface area contributed by atoms with E-state index in [4.69, 9.17) is 9.84 Å². The zero-order valence-corrected chi connectivity index (χ0v) is 12.7. The van der Waals surface area contributed by atoms with Gasteiger partial charge in [-0.05, 0) is 30.5 Å². The second-order valence-corrected chi connectivity index (χ2v) is 5.45. The SMILES string of the molecule is COCc1ccccc1CNC(=O)CN1CCCC1C(=O)O. The van der Waals surface area contributed by atoms with Gasteiger partial charge in [0.1, 0.15) is 6.04 Å². The molecule has 0 aromatic heterocycles. The molecule has 1 unspecified atom stereocenters. The minimum Gasteiger partial charge on any atom is -0.480 e. The highest BCUT2D eigenvalue weighted by atomic mass is 16.5. The number of nitrogens with one attached hydrogen (secondary N) is 1. The molecule has 0 bridgehead atoms. The number of benzene rings is 1. The number of carbonyl (C=O) groups is 2. The smallest absolute Gasteiger partial charge is 0.320 e. The van der Waals surface area contributed by atoms with E-state index in [2.05, 4.69) is 5.32 Å². The topological polar surface area (TPSA) is 78.9 Å². The van der Waals surface area contributed by atoms with Gasteiger partial charge in [0, 0.05) is 13.7 Å². The van der Waals surface area contributed by atoms with Crippen LogP contribution in [-0.4, -0.2) is 48.1 Å². The number of amides is 1. The van der Waals surface area contributed by atoms with Crippen LogP contribution in [0.4, 0.5) is 0 Å². The number of nitrogens with zero attached hydrogens (tertiary/aromatic N) is 1. The number of carboxylic acids is 1. The molecule has 1 aliphatic heterocycles. The molecule has 1 fully saturated rings. The normalized spacial score (nSPS) is 18.3. The molecule has 2 rings (SSSR count). The minimum atomic E-state index is -0.851. The van der Waals surface area contributed by atoms with Crippen LogP contribution < -0.4 is 5.32 Å². The van der Waals surface area contributed by atoms with Gasteiger partial charge < -0.3 is 15.2 Å². The van der Waals surface area contributed by atoms with Crippen molar-refractivity contribution in [2.75, 3.05) is 20.2 Å². The molecule has 0 saturated carbocycles. The van der Waals surface area contributed by atoms with Gasteiger partial charge in [-0.3, -0.25) is 14.5 Å². The van der Waals surface area contributed by atoms with Crippen molar-refractivity contribution in [2.45, 2.75) is 32.0 Å². The maximum atomic E-state index is 12.0. The molecule has 1 aliphatic rings. The molecule has 0 aliphatic carbocycles. The Bertz CT molecular complexity index is 533. The fourth-order valence-corrected chi connectivity index (χ4v) is 2.76. The number of hydrogen-bond acceptors (Lipinski definition) is 4. The van der Waals surface area contributed by atoms with Gasteiger partial charge in [0.15, 0.2) is 0 Å². The summed E-state index contributed by atoms with van der Waals surface area (Å²) in [7, 11) is 1.63. The third-order valence-electron chi connectivity index (χ3n) is 3.89. The van der Waals surface area contributed by atoms with Gasteiger partial charge in [0.05, 0.1) is 13.2 Å². The minimum absolute atomic E-state index is 0.128. The molecule has 1 atom stereocenters. The Balaban J connectivity index is 1.87. The largest absolute Gasteiger partial charge is 0.480 e. The molecule has 1 aromatic carbocycles. The quantitative estimate of drug-likeness (QED) is 0.785. The fraction of sp³-hybridized carbons (Fsp3) is 0.500. The van der Waals surface area contributed by atoms with E-state index in [0.29, 0.717) is 26.1 Å². The van der Waals surface area contributed by atoms with Crippen molar-refractivity contribution in [3.05, 3.63) is 35.4 Å². The maximum absolute atomic E-state index is 12.0. The zero-order chi connectivity index (χ0) is 15.9. The molecular weight excluding hydrogens is 284 g/mol. The first-order chi connectivity index (χ1) is 10.6. The lowest BCUT2D eigenvalue weighted by atomic mass is 10.1. The Morgan fingerprint density at radius 2 is 2.09 bits per heavy atom. The molecule has 1 amide bonds. The van der Waals surface area contributed by atoms with E-state index in [1.165, 1.54) is 0 Å².